The van der Waals surface area contributed by atoms with Gasteiger partial charge in [-0.05, 0) is 19.3 Å². The molecule has 94 valence electrons. The van der Waals surface area contributed by atoms with Gasteiger partial charge in [-0.1, -0.05) is 11.8 Å². The Morgan fingerprint density at radius 3 is 2.65 bits per heavy atom. The van der Waals surface area contributed by atoms with Crippen molar-refractivity contribution in [1.29, 1.82) is 0 Å². The molecule has 0 aromatic carbocycles. The molecule has 17 heavy (non-hydrogen) atoms. The second-order valence-electron chi connectivity index (χ2n) is 4.49. The number of hydrogen-bond acceptors (Lipinski definition) is 4. The average Bonchev–Trinajstić information content (AvgIpc) is 2.60. The molecule has 3 N–H and O–H groups in total. The predicted octanol–water partition coefficient (Wildman–Crippen LogP) is 0.325. The van der Waals surface area contributed by atoms with Crippen molar-refractivity contribution in [2.75, 3.05) is 5.75 Å². The van der Waals surface area contributed by atoms with E-state index in [2.05, 4.69) is 10.6 Å². The van der Waals surface area contributed by atoms with Crippen molar-refractivity contribution in [3.8, 4) is 0 Å². The van der Waals surface area contributed by atoms with E-state index in [0.29, 0.717) is 18.6 Å². The minimum atomic E-state index is -0.908. The van der Waals surface area contributed by atoms with E-state index < -0.39 is 17.6 Å². The highest BCUT2D eigenvalue weighted by Gasteiger charge is 2.42. The molecule has 2 rings (SSSR count). The molecule has 1 heterocycles. The van der Waals surface area contributed by atoms with Crippen LogP contribution in [0.15, 0.2) is 0 Å². The maximum atomic E-state index is 11.8. The summed E-state index contributed by atoms with van der Waals surface area (Å²) in [6.45, 7) is 0. The molecule has 0 aromatic heterocycles. The van der Waals surface area contributed by atoms with Crippen LogP contribution in [-0.2, 0) is 9.59 Å². The van der Waals surface area contributed by atoms with E-state index in [1.54, 1.807) is 0 Å². The minimum Gasteiger partial charge on any atom is -0.481 e. The monoisotopic (exact) mass is 258 g/mol. The molecule has 6 nitrogen and oxygen atoms in total. The highest BCUT2D eigenvalue weighted by atomic mass is 32.2. The molecular formula is C10H14N2O4S. The lowest BCUT2D eigenvalue weighted by Gasteiger charge is -2.42. The van der Waals surface area contributed by atoms with Crippen LogP contribution < -0.4 is 10.6 Å². The molecule has 1 unspecified atom stereocenters. The van der Waals surface area contributed by atoms with E-state index in [9.17, 15) is 14.4 Å². The molecule has 1 aliphatic carbocycles. The van der Waals surface area contributed by atoms with Crippen LogP contribution in [0.1, 0.15) is 25.7 Å². The van der Waals surface area contributed by atoms with Gasteiger partial charge in [0.1, 0.15) is 6.04 Å². The van der Waals surface area contributed by atoms with E-state index in [-0.39, 0.29) is 17.6 Å². The largest absolute Gasteiger partial charge is 0.481 e. The predicted molar refractivity (Wildman–Crippen MR) is 61.8 cm³/mol. The lowest BCUT2D eigenvalue weighted by Crippen LogP contribution is -2.58. The number of carboxylic acid groups (broad SMARTS) is 1. The molecule has 1 aliphatic heterocycles. The number of carbonyl (C=O) groups is 3. The lowest BCUT2D eigenvalue weighted by atomic mass is 9.74. The topological polar surface area (TPSA) is 95.5 Å². The quantitative estimate of drug-likeness (QED) is 0.675. The molecule has 1 atom stereocenters. The lowest BCUT2D eigenvalue weighted by molar-refractivity contribution is -0.140. The molecule has 7 heteroatoms. The smallest absolute Gasteiger partial charge is 0.305 e. The first-order valence-electron chi connectivity index (χ1n) is 5.48. The zero-order valence-corrected chi connectivity index (χ0v) is 10.0. The number of carbonyl (C=O) groups excluding carboxylic acids is 2. The first-order chi connectivity index (χ1) is 8.01. The van der Waals surface area contributed by atoms with Gasteiger partial charge in [-0.15, -0.1) is 0 Å². The Bertz CT molecular complexity index is 367. The maximum Gasteiger partial charge on any atom is 0.305 e. The van der Waals surface area contributed by atoms with Crippen LogP contribution in [0, 0.1) is 0 Å². The van der Waals surface area contributed by atoms with Crippen molar-refractivity contribution in [3.63, 3.8) is 0 Å². The number of hydrogen-bond donors (Lipinski definition) is 3. The molecule has 2 fully saturated rings. The van der Waals surface area contributed by atoms with Crippen LogP contribution in [0.5, 0.6) is 0 Å². The Hall–Kier alpha value is -1.24. The molecule has 1 saturated carbocycles. The van der Waals surface area contributed by atoms with Gasteiger partial charge in [0.2, 0.25) is 5.91 Å². The SMILES string of the molecule is O=C(O)CC1(NC(=O)C2CSC(=O)N2)CCC1. The summed E-state index contributed by atoms with van der Waals surface area (Å²) in [7, 11) is 0. The summed E-state index contributed by atoms with van der Waals surface area (Å²) >= 11 is 1.07. The van der Waals surface area contributed by atoms with E-state index in [0.717, 1.165) is 18.2 Å². The molecule has 0 radical (unpaired) electrons. The highest BCUT2D eigenvalue weighted by molar-refractivity contribution is 8.14. The summed E-state index contributed by atoms with van der Waals surface area (Å²) in [5.41, 5.74) is -0.596. The Kier molecular flexibility index (Phi) is 3.28. The average molecular weight is 258 g/mol. The molecule has 2 aliphatic rings. The van der Waals surface area contributed by atoms with Gasteiger partial charge in [-0.3, -0.25) is 14.4 Å². The van der Waals surface area contributed by atoms with Crippen molar-refractivity contribution >= 4 is 28.9 Å². The number of carboxylic acids is 1. The van der Waals surface area contributed by atoms with Gasteiger partial charge in [0.05, 0.1) is 12.0 Å². The van der Waals surface area contributed by atoms with Crippen LogP contribution in [0.2, 0.25) is 0 Å². The van der Waals surface area contributed by atoms with Gasteiger partial charge in [-0.2, -0.15) is 0 Å². The Balaban J connectivity index is 1.92. The summed E-state index contributed by atoms with van der Waals surface area (Å²) in [6.07, 6.45) is 2.27. The Morgan fingerprint density at radius 2 is 2.24 bits per heavy atom. The van der Waals surface area contributed by atoms with Crippen LogP contribution in [0.4, 0.5) is 4.79 Å². The number of rotatable bonds is 4. The van der Waals surface area contributed by atoms with Gasteiger partial charge in [0.25, 0.3) is 5.24 Å². The van der Waals surface area contributed by atoms with Gasteiger partial charge in [0.15, 0.2) is 0 Å². The summed E-state index contributed by atoms with van der Waals surface area (Å²) < 4.78 is 0. The van der Waals surface area contributed by atoms with Crippen LogP contribution in [0.25, 0.3) is 0 Å². The van der Waals surface area contributed by atoms with Crippen LogP contribution in [-0.4, -0.2) is 39.6 Å². The van der Waals surface area contributed by atoms with E-state index in [1.807, 2.05) is 0 Å². The standard InChI is InChI=1S/C10H14N2O4S/c13-7(14)4-10(2-1-3-10)12-8(15)6-5-17-9(16)11-6/h6H,1-5H2,(H,11,16)(H,12,15)(H,13,14). The third-order valence-electron chi connectivity index (χ3n) is 3.18. The minimum absolute atomic E-state index is 0.0491. The number of nitrogens with one attached hydrogen (secondary N) is 2. The summed E-state index contributed by atoms with van der Waals surface area (Å²) in [6, 6.07) is -0.529. The van der Waals surface area contributed by atoms with Crippen molar-refractivity contribution in [2.45, 2.75) is 37.3 Å². The molecular weight excluding hydrogens is 244 g/mol. The van der Waals surface area contributed by atoms with E-state index in [4.69, 9.17) is 5.11 Å². The summed E-state index contributed by atoms with van der Waals surface area (Å²) in [4.78, 5) is 33.5. The zero-order valence-electron chi connectivity index (χ0n) is 9.19. The first-order valence-corrected chi connectivity index (χ1v) is 6.46. The fourth-order valence-electron chi connectivity index (χ4n) is 2.11. The van der Waals surface area contributed by atoms with Crippen LogP contribution >= 0.6 is 11.8 Å². The second-order valence-corrected chi connectivity index (χ2v) is 5.48. The van der Waals surface area contributed by atoms with Gasteiger partial charge >= 0.3 is 5.97 Å². The molecule has 0 aromatic rings. The van der Waals surface area contributed by atoms with Crippen molar-refractivity contribution < 1.29 is 19.5 Å². The third kappa shape index (κ3) is 2.71. The van der Waals surface area contributed by atoms with E-state index >= 15 is 0 Å². The van der Waals surface area contributed by atoms with Crippen molar-refractivity contribution in [3.05, 3.63) is 0 Å². The van der Waals surface area contributed by atoms with Crippen LogP contribution in [0.3, 0.4) is 0 Å². The second kappa shape index (κ2) is 4.56. The fraction of sp³-hybridized carbons (Fsp3) is 0.700. The fourth-order valence-corrected chi connectivity index (χ4v) is 2.89. The summed E-state index contributed by atoms with van der Waals surface area (Å²) in [5, 5.41) is 13.9. The van der Waals surface area contributed by atoms with Crippen molar-refractivity contribution in [1.82, 2.24) is 10.6 Å². The van der Waals surface area contributed by atoms with Gasteiger partial charge < -0.3 is 15.7 Å². The molecule has 0 bridgehead atoms. The van der Waals surface area contributed by atoms with E-state index in [1.165, 1.54) is 0 Å². The van der Waals surface area contributed by atoms with Gasteiger partial charge in [0, 0.05) is 5.75 Å². The molecule has 0 spiro atoms. The third-order valence-corrected chi connectivity index (χ3v) is 4.06. The van der Waals surface area contributed by atoms with Crippen molar-refractivity contribution in [2.24, 2.45) is 0 Å². The Labute approximate surface area is 103 Å². The molecule has 1 saturated heterocycles. The maximum absolute atomic E-state index is 11.8. The number of aliphatic carboxylic acids is 1. The number of amides is 2. The highest BCUT2D eigenvalue weighted by Crippen LogP contribution is 2.35. The zero-order chi connectivity index (χ0) is 12.5. The Morgan fingerprint density at radius 1 is 1.53 bits per heavy atom. The van der Waals surface area contributed by atoms with Gasteiger partial charge in [-0.25, -0.2) is 0 Å². The normalized spacial score (nSPS) is 25.9. The number of thioether (sulfide) groups is 1. The first kappa shape index (κ1) is 12.2. The summed E-state index contributed by atoms with van der Waals surface area (Å²) in [5.74, 6) is -0.771. The molecule has 2 amide bonds.